The van der Waals surface area contributed by atoms with E-state index in [-0.39, 0.29) is 17.4 Å². The maximum Gasteiger partial charge on any atom is 0.277 e. The summed E-state index contributed by atoms with van der Waals surface area (Å²) in [5.74, 6) is -1.39. The molecule has 2 aromatic rings. The van der Waals surface area contributed by atoms with E-state index in [1.807, 2.05) is 0 Å². The molecule has 1 amide bonds. The Labute approximate surface area is 144 Å². The Morgan fingerprint density at radius 3 is 2.92 bits per heavy atom. The van der Waals surface area contributed by atoms with Crippen molar-refractivity contribution in [3.63, 3.8) is 0 Å². The van der Waals surface area contributed by atoms with Crippen LogP contribution < -0.4 is 0 Å². The van der Waals surface area contributed by atoms with Crippen molar-refractivity contribution in [3.05, 3.63) is 35.0 Å². The van der Waals surface area contributed by atoms with Crippen LogP contribution in [0, 0.1) is 11.9 Å². The van der Waals surface area contributed by atoms with Crippen molar-refractivity contribution in [1.29, 1.82) is 0 Å². The summed E-state index contributed by atoms with van der Waals surface area (Å²) in [6.45, 7) is 0.757. The number of halogens is 2. The molecule has 0 saturated carbocycles. The van der Waals surface area contributed by atoms with Crippen LogP contribution in [0.5, 0.6) is 0 Å². The lowest BCUT2D eigenvalue weighted by molar-refractivity contribution is 0.0673. The van der Waals surface area contributed by atoms with Crippen LogP contribution in [0.2, 0.25) is 5.02 Å². The van der Waals surface area contributed by atoms with Gasteiger partial charge in [0.25, 0.3) is 5.91 Å². The number of carbonyl (C=O) groups is 1. The van der Waals surface area contributed by atoms with Crippen LogP contribution in [-0.4, -0.2) is 53.7 Å². The summed E-state index contributed by atoms with van der Waals surface area (Å²) in [5, 5.41) is 0.337. The fraction of sp³-hybridized carbons (Fsp3) is 0.467. The molecule has 0 radical (unpaired) electrons. The van der Waals surface area contributed by atoms with Crippen molar-refractivity contribution in [2.45, 2.75) is 12.8 Å². The Hall–Kier alpha value is -1.67. The lowest BCUT2D eigenvalue weighted by atomic mass is 10.00. The number of nitrogens with zero attached hydrogens (tertiary/aromatic N) is 3. The molecule has 6 nitrogen and oxygen atoms in total. The van der Waals surface area contributed by atoms with Crippen molar-refractivity contribution < 1.29 is 17.6 Å². The zero-order chi connectivity index (χ0) is 17.5. The van der Waals surface area contributed by atoms with Gasteiger partial charge >= 0.3 is 0 Å². The first-order valence-corrected chi connectivity index (χ1v) is 9.98. The molecule has 9 heteroatoms. The van der Waals surface area contributed by atoms with E-state index < -0.39 is 21.7 Å². The van der Waals surface area contributed by atoms with Gasteiger partial charge in [0.15, 0.2) is 5.69 Å². The van der Waals surface area contributed by atoms with E-state index in [4.69, 9.17) is 11.6 Å². The highest BCUT2D eigenvalue weighted by Crippen LogP contribution is 2.22. The van der Waals surface area contributed by atoms with E-state index >= 15 is 0 Å². The number of piperidine rings is 1. The first-order valence-electron chi connectivity index (χ1n) is 7.55. The van der Waals surface area contributed by atoms with E-state index in [2.05, 4.69) is 4.98 Å². The summed E-state index contributed by atoms with van der Waals surface area (Å²) in [6, 6.07) is 3.10. The van der Waals surface area contributed by atoms with E-state index in [1.54, 1.807) is 6.07 Å². The second-order valence-electron chi connectivity index (χ2n) is 6.18. The number of aromatic nitrogens is 2. The molecule has 0 aromatic carbocycles. The smallest absolute Gasteiger partial charge is 0.277 e. The Morgan fingerprint density at radius 1 is 1.46 bits per heavy atom. The molecule has 1 aliphatic rings. The quantitative estimate of drug-likeness (QED) is 0.825. The fourth-order valence-corrected chi connectivity index (χ4v) is 4.38. The molecule has 0 unspecified atom stereocenters. The standard InChI is InChI=1S/C15H17ClFN3O3S/c1-24(22,23)9-10-3-2-6-19(7-10)15(21)13-14(17)20-8-11(16)4-5-12(20)18-13/h4-5,8,10H,2-3,6-7,9H2,1H3/t10-/m1/s1. The average molecular weight is 374 g/mol. The Bertz CT molecular complexity index is 897. The highest BCUT2D eigenvalue weighted by atomic mass is 35.5. The minimum Gasteiger partial charge on any atom is -0.337 e. The van der Waals surface area contributed by atoms with Gasteiger partial charge in [0.2, 0.25) is 5.95 Å². The number of pyridine rings is 1. The summed E-state index contributed by atoms with van der Waals surface area (Å²) >= 11 is 5.84. The molecule has 1 atom stereocenters. The number of rotatable bonds is 3. The van der Waals surface area contributed by atoms with E-state index in [0.29, 0.717) is 30.2 Å². The van der Waals surface area contributed by atoms with Gasteiger partial charge in [0.05, 0.1) is 10.8 Å². The minimum absolute atomic E-state index is 0.0278. The first-order chi connectivity index (χ1) is 11.2. The number of fused-ring (bicyclic) bond motifs is 1. The molecule has 3 rings (SSSR count). The number of hydrogen-bond donors (Lipinski definition) is 0. The molecule has 3 heterocycles. The molecule has 1 fully saturated rings. The van der Waals surface area contributed by atoms with Crippen molar-refractivity contribution in [2.24, 2.45) is 5.92 Å². The lowest BCUT2D eigenvalue weighted by Gasteiger charge is -2.31. The van der Waals surface area contributed by atoms with Crippen LogP contribution in [0.1, 0.15) is 23.3 Å². The second kappa shape index (κ2) is 6.33. The topological polar surface area (TPSA) is 71.8 Å². The molecule has 24 heavy (non-hydrogen) atoms. The molecular formula is C15H17ClFN3O3S. The largest absolute Gasteiger partial charge is 0.337 e. The van der Waals surface area contributed by atoms with Crippen molar-refractivity contribution in [3.8, 4) is 0 Å². The fourth-order valence-electron chi connectivity index (χ4n) is 3.09. The number of likely N-dealkylation sites (tertiary alicyclic amines) is 1. The van der Waals surface area contributed by atoms with Gasteiger partial charge in [0, 0.05) is 25.5 Å². The number of amides is 1. The van der Waals surface area contributed by atoms with E-state index in [9.17, 15) is 17.6 Å². The molecule has 130 valence electrons. The molecular weight excluding hydrogens is 357 g/mol. The second-order valence-corrected chi connectivity index (χ2v) is 8.80. The summed E-state index contributed by atoms with van der Waals surface area (Å²) in [7, 11) is -3.12. The van der Waals surface area contributed by atoms with Crippen LogP contribution >= 0.6 is 11.6 Å². The van der Waals surface area contributed by atoms with Gasteiger partial charge in [-0.1, -0.05) is 11.6 Å². The van der Waals surface area contributed by atoms with Crippen LogP contribution in [0.25, 0.3) is 5.65 Å². The van der Waals surface area contributed by atoms with Gasteiger partial charge in [-0.05, 0) is 30.9 Å². The molecule has 1 aliphatic heterocycles. The SMILES string of the molecule is CS(=O)(=O)C[C@@H]1CCCN(C(=O)c2nc3ccc(Cl)cn3c2F)C1. The average Bonchev–Trinajstić information content (AvgIpc) is 2.82. The van der Waals surface area contributed by atoms with E-state index in [1.165, 1.54) is 23.4 Å². The lowest BCUT2D eigenvalue weighted by Crippen LogP contribution is -2.42. The number of hydrogen-bond acceptors (Lipinski definition) is 4. The number of carbonyl (C=O) groups excluding carboxylic acids is 1. The van der Waals surface area contributed by atoms with Crippen LogP contribution in [0.4, 0.5) is 4.39 Å². The molecule has 2 aromatic heterocycles. The first kappa shape index (κ1) is 17.2. The molecule has 0 spiro atoms. The zero-order valence-electron chi connectivity index (χ0n) is 13.1. The third kappa shape index (κ3) is 3.54. The minimum atomic E-state index is -3.12. The van der Waals surface area contributed by atoms with Crippen molar-refractivity contribution >= 4 is 33.0 Å². The predicted octanol–water partition coefficient (Wildman–Crippen LogP) is 2.02. The summed E-state index contributed by atoms with van der Waals surface area (Å²) in [4.78, 5) is 18.1. The van der Waals surface area contributed by atoms with Gasteiger partial charge in [0.1, 0.15) is 15.5 Å². The van der Waals surface area contributed by atoms with Crippen molar-refractivity contribution in [2.75, 3.05) is 25.1 Å². The molecule has 0 N–H and O–H groups in total. The maximum absolute atomic E-state index is 14.5. The molecule has 0 aliphatic carbocycles. The van der Waals surface area contributed by atoms with Gasteiger partial charge in [-0.25, -0.2) is 13.4 Å². The van der Waals surface area contributed by atoms with Crippen LogP contribution in [0.15, 0.2) is 18.3 Å². The maximum atomic E-state index is 14.5. The summed E-state index contributed by atoms with van der Waals surface area (Å²) in [6.07, 6.45) is 3.96. The number of imidazole rings is 1. The summed E-state index contributed by atoms with van der Waals surface area (Å²) < 4.78 is 38.5. The normalized spacial score (nSPS) is 19.0. The highest BCUT2D eigenvalue weighted by molar-refractivity contribution is 7.90. The van der Waals surface area contributed by atoms with Gasteiger partial charge < -0.3 is 4.90 Å². The predicted molar refractivity (Wildman–Crippen MR) is 88.5 cm³/mol. The van der Waals surface area contributed by atoms with Gasteiger partial charge in [-0.15, -0.1) is 0 Å². The van der Waals surface area contributed by atoms with Gasteiger partial charge in [-0.3, -0.25) is 9.20 Å². The molecule has 1 saturated heterocycles. The highest BCUT2D eigenvalue weighted by Gasteiger charge is 2.30. The Kier molecular flexibility index (Phi) is 4.52. The zero-order valence-corrected chi connectivity index (χ0v) is 14.6. The number of sulfone groups is 1. The third-order valence-electron chi connectivity index (χ3n) is 4.07. The monoisotopic (exact) mass is 373 g/mol. The van der Waals surface area contributed by atoms with E-state index in [0.717, 1.165) is 10.8 Å². The van der Waals surface area contributed by atoms with Crippen LogP contribution in [-0.2, 0) is 9.84 Å². The van der Waals surface area contributed by atoms with Gasteiger partial charge in [-0.2, -0.15) is 4.39 Å². The molecule has 0 bridgehead atoms. The van der Waals surface area contributed by atoms with Crippen LogP contribution in [0.3, 0.4) is 0 Å². The Morgan fingerprint density at radius 2 is 2.21 bits per heavy atom. The van der Waals surface area contributed by atoms with Crippen molar-refractivity contribution in [1.82, 2.24) is 14.3 Å². The Balaban J connectivity index is 1.85. The third-order valence-corrected chi connectivity index (χ3v) is 5.37. The summed E-state index contributed by atoms with van der Waals surface area (Å²) in [5.41, 5.74) is 0.0298.